The van der Waals surface area contributed by atoms with Crippen LogP contribution < -0.4 is 0 Å². The van der Waals surface area contributed by atoms with Gasteiger partial charge >= 0.3 is 0 Å². The van der Waals surface area contributed by atoms with E-state index in [1.54, 1.807) is 0 Å². The van der Waals surface area contributed by atoms with Gasteiger partial charge in [-0.3, -0.25) is 9.56 Å². The molecule has 6 nitrogen and oxygen atoms in total. The van der Waals surface area contributed by atoms with Crippen molar-refractivity contribution in [1.29, 1.82) is 0 Å². The van der Waals surface area contributed by atoms with Gasteiger partial charge in [0, 0.05) is 29.2 Å². The largest absolute Gasteiger partial charge is 0.353 e. The Balaban J connectivity index is 1.57. The number of aliphatic imine (C=N–C) groups is 1. The van der Waals surface area contributed by atoms with Gasteiger partial charge in [-0.1, -0.05) is 41.9 Å². The van der Waals surface area contributed by atoms with Gasteiger partial charge in [0.25, 0.3) is 0 Å². The van der Waals surface area contributed by atoms with Crippen molar-refractivity contribution in [3.05, 3.63) is 76.3 Å². The fourth-order valence-electron chi connectivity index (χ4n) is 3.65. The molecule has 1 saturated heterocycles. The van der Waals surface area contributed by atoms with Crippen molar-refractivity contribution in [3.63, 3.8) is 0 Å². The Morgan fingerprint density at radius 3 is 2.86 bits per heavy atom. The highest BCUT2D eigenvalue weighted by atomic mass is 35.5. The first-order chi connectivity index (χ1) is 13.8. The molecule has 2 aromatic carbocycles. The van der Waals surface area contributed by atoms with Crippen LogP contribution in [0.4, 0.5) is 0 Å². The molecule has 0 saturated carbocycles. The van der Waals surface area contributed by atoms with E-state index in [4.69, 9.17) is 26.1 Å². The number of aromatic nitrogens is 3. The molecule has 0 N–H and O–H groups in total. The molecule has 0 spiro atoms. The van der Waals surface area contributed by atoms with E-state index in [9.17, 15) is 0 Å². The predicted molar refractivity (Wildman–Crippen MR) is 106 cm³/mol. The zero-order chi connectivity index (χ0) is 18.9. The molecule has 0 amide bonds. The molecule has 0 bridgehead atoms. The molecular weight excluding hydrogens is 376 g/mol. The van der Waals surface area contributed by atoms with Crippen molar-refractivity contribution >= 4 is 17.3 Å². The maximum absolute atomic E-state index is 6.33. The number of rotatable bonds is 4. The molecule has 5 rings (SSSR count). The molecule has 1 atom stereocenters. The second-order valence-electron chi connectivity index (χ2n) is 6.81. The second kappa shape index (κ2) is 7.47. The van der Waals surface area contributed by atoms with Gasteiger partial charge in [-0.15, -0.1) is 10.2 Å². The number of nitrogens with zero attached hydrogens (tertiary/aromatic N) is 4. The lowest BCUT2D eigenvalue weighted by Crippen LogP contribution is -2.14. The van der Waals surface area contributed by atoms with Crippen LogP contribution in [0.5, 0.6) is 0 Å². The van der Waals surface area contributed by atoms with Crippen molar-refractivity contribution in [3.8, 4) is 5.69 Å². The van der Waals surface area contributed by atoms with Crippen LogP contribution in [0.2, 0.25) is 5.02 Å². The molecule has 1 fully saturated rings. The maximum Gasteiger partial charge on any atom is 0.163 e. The van der Waals surface area contributed by atoms with Crippen molar-refractivity contribution in [2.24, 2.45) is 4.99 Å². The van der Waals surface area contributed by atoms with Crippen LogP contribution >= 0.6 is 11.6 Å². The summed E-state index contributed by atoms with van der Waals surface area (Å²) in [4.78, 5) is 4.84. The number of fused-ring (bicyclic) bond motifs is 3. The summed E-state index contributed by atoms with van der Waals surface area (Å²) < 4.78 is 13.5. The zero-order valence-electron chi connectivity index (χ0n) is 15.2. The normalized spacial score (nSPS) is 18.3. The van der Waals surface area contributed by atoms with Crippen LogP contribution in [0, 0.1) is 0 Å². The van der Waals surface area contributed by atoms with E-state index >= 15 is 0 Å². The molecular formula is C21H19ClN4O2. The van der Waals surface area contributed by atoms with Crippen molar-refractivity contribution < 1.29 is 9.47 Å². The summed E-state index contributed by atoms with van der Waals surface area (Å²) >= 11 is 6.33. The highest BCUT2D eigenvalue weighted by molar-refractivity contribution is 6.31. The lowest BCUT2D eigenvalue weighted by molar-refractivity contribution is -0.120. The highest BCUT2D eigenvalue weighted by Gasteiger charge is 2.24. The molecule has 3 aromatic rings. The first-order valence-electron chi connectivity index (χ1n) is 9.36. The van der Waals surface area contributed by atoms with Gasteiger partial charge in [-0.05, 0) is 24.6 Å². The maximum atomic E-state index is 6.33. The molecule has 3 heterocycles. The van der Waals surface area contributed by atoms with Crippen molar-refractivity contribution in [1.82, 2.24) is 14.8 Å². The van der Waals surface area contributed by atoms with Crippen LogP contribution in [-0.2, 0) is 22.6 Å². The fourth-order valence-corrected chi connectivity index (χ4v) is 3.82. The second-order valence-corrected chi connectivity index (χ2v) is 7.25. The Kier molecular flexibility index (Phi) is 4.68. The average Bonchev–Trinajstić information content (AvgIpc) is 3.34. The standard InChI is InChI=1S/C21H19ClN4O2/c22-15-8-9-17-16(11-15)21(14-5-2-1-3-6-14)23-12-18-24-25-19(26(17)18)13-28-20-7-4-10-27-20/h1-3,5-6,8-9,11,20H,4,7,10,12-13H2. The SMILES string of the molecule is Clc1ccc2c(c1)C(c1ccccc1)=NCc1nnc(COC3CCCO3)n1-2. The van der Waals surface area contributed by atoms with Gasteiger partial charge in [0.05, 0.1) is 11.4 Å². The molecule has 2 aliphatic heterocycles. The minimum atomic E-state index is -0.167. The first kappa shape index (κ1) is 17.6. The Bertz CT molecular complexity index is 1030. The Hall–Kier alpha value is -2.54. The topological polar surface area (TPSA) is 61.5 Å². The van der Waals surface area contributed by atoms with Crippen molar-refractivity contribution in [2.75, 3.05) is 6.61 Å². The van der Waals surface area contributed by atoms with E-state index < -0.39 is 0 Å². The monoisotopic (exact) mass is 394 g/mol. The van der Waals surface area contributed by atoms with Gasteiger partial charge < -0.3 is 9.47 Å². The lowest BCUT2D eigenvalue weighted by atomic mass is 10.0. The van der Waals surface area contributed by atoms with E-state index in [0.717, 1.165) is 53.6 Å². The number of ether oxygens (including phenoxy) is 2. The summed E-state index contributed by atoms with van der Waals surface area (Å²) in [5, 5.41) is 9.38. The van der Waals surface area contributed by atoms with Gasteiger partial charge in [0.15, 0.2) is 17.9 Å². The Morgan fingerprint density at radius 1 is 1.14 bits per heavy atom. The van der Waals surface area contributed by atoms with Gasteiger partial charge in [-0.25, -0.2) is 0 Å². The van der Waals surface area contributed by atoms with Crippen LogP contribution in [0.15, 0.2) is 53.5 Å². The summed E-state index contributed by atoms with van der Waals surface area (Å²) in [6.07, 6.45) is 1.77. The van der Waals surface area contributed by atoms with E-state index in [-0.39, 0.29) is 6.29 Å². The Labute approximate surface area is 167 Å². The van der Waals surface area contributed by atoms with Gasteiger partial charge in [0.1, 0.15) is 13.2 Å². The molecule has 2 aliphatic rings. The molecule has 142 valence electrons. The third-order valence-corrected chi connectivity index (χ3v) is 5.20. The van der Waals surface area contributed by atoms with Crippen molar-refractivity contribution in [2.45, 2.75) is 32.3 Å². The lowest BCUT2D eigenvalue weighted by Gasteiger charge is -2.15. The van der Waals surface area contributed by atoms with Crippen LogP contribution in [0.3, 0.4) is 0 Å². The van der Waals surface area contributed by atoms with E-state index in [1.807, 2.05) is 41.0 Å². The molecule has 0 aliphatic carbocycles. The summed E-state index contributed by atoms with van der Waals surface area (Å²) in [7, 11) is 0. The first-order valence-corrected chi connectivity index (χ1v) is 9.74. The summed E-state index contributed by atoms with van der Waals surface area (Å²) in [6, 6.07) is 15.9. The quantitative estimate of drug-likeness (QED) is 0.672. The minimum Gasteiger partial charge on any atom is -0.353 e. The number of halogens is 1. The summed E-state index contributed by atoms with van der Waals surface area (Å²) in [5.41, 5.74) is 3.85. The zero-order valence-corrected chi connectivity index (χ0v) is 16.0. The van der Waals surface area contributed by atoms with E-state index in [2.05, 4.69) is 22.3 Å². The van der Waals surface area contributed by atoms with Gasteiger partial charge in [-0.2, -0.15) is 0 Å². The molecule has 28 heavy (non-hydrogen) atoms. The third kappa shape index (κ3) is 3.24. The number of hydrogen-bond acceptors (Lipinski definition) is 5. The van der Waals surface area contributed by atoms with Crippen LogP contribution in [0.1, 0.15) is 35.6 Å². The predicted octanol–water partition coefficient (Wildman–Crippen LogP) is 3.92. The van der Waals surface area contributed by atoms with E-state index in [0.29, 0.717) is 18.2 Å². The fraction of sp³-hybridized carbons (Fsp3) is 0.286. The third-order valence-electron chi connectivity index (χ3n) is 4.96. The number of hydrogen-bond donors (Lipinski definition) is 0. The summed E-state index contributed by atoms with van der Waals surface area (Å²) in [6.45, 7) is 1.52. The average molecular weight is 395 g/mol. The smallest absolute Gasteiger partial charge is 0.163 e. The summed E-state index contributed by atoms with van der Waals surface area (Å²) in [5.74, 6) is 1.51. The van der Waals surface area contributed by atoms with Crippen LogP contribution in [-0.4, -0.2) is 33.4 Å². The molecule has 1 aromatic heterocycles. The Morgan fingerprint density at radius 2 is 2.04 bits per heavy atom. The molecule has 7 heteroatoms. The molecule has 0 radical (unpaired) electrons. The van der Waals surface area contributed by atoms with E-state index in [1.165, 1.54) is 0 Å². The minimum absolute atomic E-state index is 0.167. The van der Waals surface area contributed by atoms with Gasteiger partial charge in [0.2, 0.25) is 0 Å². The highest BCUT2D eigenvalue weighted by Crippen LogP contribution is 2.28. The molecule has 1 unspecified atom stereocenters. The number of benzene rings is 2. The van der Waals surface area contributed by atoms with Crippen LogP contribution in [0.25, 0.3) is 5.69 Å².